The zero-order valence-electron chi connectivity index (χ0n) is 18.3. The highest BCUT2D eigenvalue weighted by molar-refractivity contribution is 5.91. The van der Waals surface area contributed by atoms with Gasteiger partial charge in [-0.2, -0.15) is 0 Å². The fraction of sp³-hybridized carbons (Fsp3) is 0. The monoisotopic (exact) mass is 443 g/mol. The van der Waals surface area contributed by atoms with E-state index in [-0.39, 0.29) is 0 Å². The average molecular weight is 444 g/mol. The van der Waals surface area contributed by atoms with Crippen LogP contribution in [0.5, 0.6) is 0 Å². The van der Waals surface area contributed by atoms with Gasteiger partial charge in [0.05, 0.1) is 0 Å². The van der Waals surface area contributed by atoms with Gasteiger partial charge < -0.3 is 9.52 Å². The highest BCUT2D eigenvalue weighted by Crippen LogP contribution is 2.39. The van der Waals surface area contributed by atoms with Gasteiger partial charge in [-0.1, -0.05) is 103 Å². The van der Waals surface area contributed by atoms with Crippen molar-refractivity contribution in [2.75, 3.05) is 0 Å². The number of carbonyl (C=O) groups is 1. The van der Waals surface area contributed by atoms with Crippen LogP contribution in [0.25, 0.3) is 51.2 Å². The lowest BCUT2D eigenvalue weighted by molar-refractivity contribution is -0.131. The zero-order chi connectivity index (χ0) is 23.3. The van der Waals surface area contributed by atoms with E-state index in [0.29, 0.717) is 11.7 Å². The van der Waals surface area contributed by atoms with Crippen LogP contribution in [0.4, 0.5) is 0 Å². The third kappa shape index (κ3) is 4.30. The van der Waals surface area contributed by atoms with Crippen molar-refractivity contribution in [1.29, 1.82) is 0 Å². The number of hydrogen-bond acceptors (Lipinski definition) is 3. The number of nitrogens with zero attached hydrogens (tertiary/aromatic N) is 1. The Hall–Kier alpha value is -4.70. The lowest BCUT2D eigenvalue weighted by Crippen LogP contribution is -1.90. The number of oxazole rings is 1. The van der Waals surface area contributed by atoms with E-state index in [4.69, 9.17) is 14.5 Å². The summed E-state index contributed by atoms with van der Waals surface area (Å²) in [6, 6.07) is 35.5. The molecular formula is C30H21NO3. The normalized spacial score (nSPS) is 11.1. The van der Waals surface area contributed by atoms with Crippen LogP contribution in [0, 0.1) is 0 Å². The van der Waals surface area contributed by atoms with E-state index in [1.54, 1.807) is 6.08 Å². The van der Waals surface area contributed by atoms with Crippen molar-refractivity contribution in [3.05, 3.63) is 121 Å². The molecule has 4 aromatic carbocycles. The van der Waals surface area contributed by atoms with E-state index in [0.717, 1.165) is 45.2 Å². The maximum absolute atomic E-state index is 11.1. The topological polar surface area (TPSA) is 63.3 Å². The smallest absolute Gasteiger partial charge is 0.328 e. The van der Waals surface area contributed by atoms with Gasteiger partial charge in [-0.15, -0.1) is 0 Å². The molecule has 0 saturated heterocycles. The fourth-order valence-electron chi connectivity index (χ4n) is 3.97. The molecule has 164 valence electrons. The molecule has 0 unspecified atom stereocenters. The summed E-state index contributed by atoms with van der Waals surface area (Å²) in [7, 11) is 0. The van der Waals surface area contributed by atoms with E-state index in [2.05, 4.69) is 0 Å². The van der Waals surface area contributed by atoms with Gasteiger partial charge in [0.25, 0.3) is 0 Å². The Morgan fingerprint density at radius 3 is 1.91 bits per heavy atom. The molecule has 0 saturated carbocycles. The molecule has 0 aliphatic carbocycles. The van der Waals surface area contributed by atoms with Gasteiger partial charge in [-0.05, 0) is 28.8 Å². The third-order valence-electron chi connectivity index (χ3n) is 5.52. The van der Waals surface area contributed by atoms with Crippen LogP contribution in [0.1, 0.15) is 5.56 Å². The Bertz CT molecular complexity index is 1410. The molecule has 1 N–H and O–H groups in total. The van der Waals surface area contributed by atoms with Crippen LogP contribution < -0.4 is 0 Å². The number of benzene rings is 4. The molecule has 0 aliphatic heterocycles. The number of aromatic nitrogens is 1. The Morgan fingerprint density at radius 2 is 1.24 bits per heavy atom. The lowest BCUT2D eigenvalue weighted by Gasteiger charge is -2.10. The van der Waals surface area contributed by atoms with Gasteiger partial charge >= 0.3 is 5.97 Å². The lowest BCUT2D eigenvalue weighted by atomic mass is 9.95. The summed E-state index contributed by atoms with van der Waals surface area (Å²) in [4.78, 5) is 16.0. The van der Waals surface area contributed by atoms with Gasteiger partial charge in [0, 0.05) is 22.8 Å². The first-order chi connectivity index (χ1) is 16.7. The standard InChI is InChI=1S/C30H21NO3/c32-27(33)20-19-21-11-7-8-16-24(21)25-17-9-10-18-26(25)30-31-28(22-12-3-1-4-13-22)29(34-30)23-14-5-2-6-15-23/h1-20H,(H,32,33). The number of hydrogen-bond donors (Lipinski definition) is 1. The zero-order valence-corrected chi connectivity index (χ0v) is 18.3. The second-order valence-corrected chi connectivity index (χ2v) is 7.73. The summed E-state index contributed by atoms with van der Waals surface area (Å²) >= 11 is 0. The summed E-state index contributed by atoms with van der Waals surface area (Å²) in [6.45, 7) is 0. The molecule has 4 nitrogen and oxygen atoms in total. The van der Waals surface area contributed by atoms with Gasteiger partial charge in [0.1, 0.15) is 5.69 Å². The van der Waals surface area contributed by atoms with Crippen molar-refractivity contribution in [2.45, 2.75) is 0 Å². The average Bonchev–Trinajstić information content (AvgIpc) is 3.34. The quantitative estimate of drug-likeness (QED) is 0.277. The van der Waals surface area contributed by atoms with Crippen LogP contribution in [0.2, 0.25) is 0 Å². The van der Waals surface area contributed by atoms with Gasteiger partial charge in [-0.25, -0.2) is 9.78 Å². The second-order valence-electron chi connectivity index (χ2n) is 7.73. The number of rotatable bonds is 6. The molecule has 1 heterocycles. The first-order valence-electron chi connectivity index (χ1n) is 10.9. The first-order valence-corrected chi connectivity index (χ1v) is 10.9. The summed E-state index contributed by atoms with van der Waals surface area (Å²) in [6.07, 6.45) is 2.75. The van der Waals surface area contributed by atoms with Crippen molar-refractivity contribution < 1.29 is 14.3 Å². The molecule has 0 spiro atoms. The van der Waals surface area contributed by atoms with Gasteiger partial charge in [0.2, 0.25) is 5.89 Å². The molecule has 0 radical (unpaired) electrons. The number of carboxylic acids is 1. The van der Waals surface area contributed by atoms with Crippen LogP contribution in [-0.2, 0) is 4.79 Å². The van der Waals surface area contributed by atoms with Crippen molar-refractivity contribution >= 4 is 12.0 Å². The molecule has 1 aromatic heterocycles. The SMILES string of the molecule is O=C(O)C=Cc1ccccc1-c1ccccc1-c1nc(-c2ccccc2)c(-c2ccccc2)o1. The third-order valence-corrected chi connectivity index (χ3v) is 5.52. The van der Waals surface area contributed by atoms with E-state index in [9.17, 15) is 4.79 Å². The summed E-state index contributed by atoms with van der Waals surface area (Å²) in [5.74, 6) is 0.219. The number of carboxylic acid groups (broad SMARTS) is 1. The predicted octanol–water partition coefficient (Wildman–Crippen LogP) is 7.44. The molecule has 0 atom stereocenters. The van der Waals surface area contributed by atoms with E-state index in [1.165, 1.54) is 0 Å². The Balaban J connectivity index is 1.70. The molecule has 5 aromatic rings. The first kappa shape index (κ1) is 21.2. The maximum atomic E-state index is 11.1. The summed E-state index contributed by atoms with van der Waals surface area (Å²) in [5, 5.41) is 9.11. The van der Waals surface area contributed by atoms with Crippen LogP contribution >= 0.6 is 0 Å². The minimum atomic E-state index is -0.990. The molecule has 5 rings (SSSR count). The van der Waals surface area contributed by atoms with E-state index in [1.807, 2.05) is 109 Å². The highest BCUT2D eigenvalue weighted by Gasteiger charge is 2.20. The van der Waals surface area contributed by atoms with Crippen molar-refractivity contribution in [3.63, 3.8) is 0 Å². The van der Waals surface area contributed by atoms with Crippen molar-refractivity contribution in [2.24, 2.45) is 0 Å². The number of aliphatic carboxylic acids is 1. The maximum Gasteiger partial charge on any atom is 0.328 e. The fourth-order valence-corrected chi connectivity index (χ4v) is 3.97. The largest absolute Gasteiger partial charge is 0.478 e. The van der Waals surface area contributed by atoms with E-state index < -0.39 is 5.97 Å². The molecule has 0 bridgehead atoms. The molecule has 4 heteroatoms. The van der Waals surface area contributed by atoms with E-state index >= 15 is 0 Å². The second kappa shape index (κ2) is 9.43. The minimum Gasteiger partial charge on any atom is -0.478 e. The molecule has 0 amide bonds. The predicted molar refractivity (Wildman–Crippen MR) is 135 cm³/mol. The summed E-state index contributed by atoms with van der Waals surface area (Å²) in [5.41, 5.74) is 6.13. The van der Waals surface area contributed by atoms with Crippen LogP contribution in [-0.4, -0.2) is 16.1 Å². The Labute approximate surface area is 197 Å². The summed E-state index contributed by atoms with van der Waals surface area (Å²) < 4.78 is 6.42. The Kier molecular flexibility index (Phi) is 5.87. The molecular weight excluding hydrogens is 422 g/mol. The molecule has 0 fully saturated rings. The van der Waals surface area contributed by atoms with Crippen LogP contribution in [0.3, 0.4) is 0 Å². The van der Waals surface area contributed by atoms with Gasteiger partial charge in [-0.3, -0.25) is 0 Å². The minimum absolute atomic E-state index is 0.505. The molecule has 34 heavy (non-hydrogen) atoms. The van der Waals surface area contributed by atoms with Crippen LogP contribution in [0.15, 0.2) is 120 Å². The van der Waals surface area contributed by atoms with Gasteiger partial charge in [0.15, 0.2) is 5.76 Å². The van der Waals surface area contributed by atoms with Crippen molar-refractivity contribution in [3.8, 4) is 45.2 Å². The Morgan fingerprint density at radius 1 is 0.676 bits per heavy atom. The highest BCUT2D eigenvalue weighted by atomic mass is 16.4. The molecule has 0 aliphatic rings. The van der Waals surface area contributed by atoms with Crippen molar-refractivity contribution in [1.82, 2.24) is 4.98 Å².